The standard InChI is InChI=1S/2C48H78N6O2.3C2H4O2.C2H3O.Ag.2Co.4NO3.O/c2*1-11-13-23-53(9)25-19-51(20-26-53)35-39-31-41(47(3,4)5)29-37(45(39)55)33-49-43-17-15-16-18-44(43)50-34-38-30-42(48(6,7)8)32-40(46(38)56)36-52-21-27-54(10,28-22-52)24-14-12-2;3*1-2(3)4;1-2-3;;;;4*2-1(3)4;/h2*29-34,43-44H,11-28,35-36H2,1-10H3;3*1H3,(H,3,4);1H3;;;;;;;;/q;;;;;-1;;;;4*-1;/p+4/t2*43-,44-;;;;;;;;;;;;/m11............/s1. The van der Waals surface area contributed by atoms with Crippen LogP contribution in [-0.4, -0.2) is 326 Å². The molecular formula is C104H175AgCo2N16O24-. The van der Waals surface area contributed by atoms with Crippen LogP contribution in [0.1, 0.15) is 308 Å². The number of carbonyl (C=O) groups excluding carboxylic acids is 1. The summed E-state index contributed by atoms with van der Waals surface area (Å²) >= 11 is 1.70. The quantitative estimate of drug-likeness (QED) is 0.00693. The second-order valence-corrected chi connectivity index (χ2v) is 43.6. The molecule has 2 radical (unpaired) electrons. The van der Waals surface area contributed by atoms with Crippen molar-refractivity contribution in [2.45, 2.75) is 313 Å². The molecule has 0 unspecified atom stereocenters. The van der Waals surface area contributed by atoms with Crippen molar-refractivity contribution >= 4 is 49.1 Å². The van der Waals surface area contributed by atoms with E-state index in [2.05, 4.69) is 207 Å². The predicted molar refractivity (Wildman–Crippen MR) is 567 cm³/mol. The van der Waals surface area contributed by atoms with Crippen LogP contribution in [0.25, 0.3) is 0 Å². The summed E-state index contributed by atoms with van der Waals surface area (Å²) in [6, 6.07) is 17.6. The summed E-state index contributed by atoms with van der Waals surface area (Å²) in [6.07, 6.45) is 27.7. The summed E-state index contributed by atoms with van der Waals surface area (Å²) in [5, 5.41) is 128. The van der Waals surface area contributed by atoms with Crippen LogP contribution >= 0.6 is 0 Å². The number of aliphatic carboxylic acids is 3. The van der Waals surface area contributed by atoms with Crippen molar-refractivity contribution in [3.8, 4) is 23.0 Å². The Balaban J connectivity index is -0.00000214. The van der Waals surface area contributed by atoms with Crippen molar-refractivity contribution in [2.75, 3.05) is 159 Å². The Labute approximate surface area is 905 Å². The minimum absolute atomic E-state index is 0. The topological polar surface area (TPSA) is 554 Å². The Kier molecular flexibility index (Phi) is 68.4. The molecule has 6 aliphatic rings. The van der Waals surface area contributed by atoms with E-state index in [0.29, 0.717) is 23.0 Å². The number of carboxylic acid groups (broad SMARTS) is 3. The Bertz CT molecular complexity index is 4080. The summed E-state index contributed by atoms with van der Waals surface area (Å²) in [7, 11) is 9.63. The van der Waals surface area contributed by atoms with Gasteiger partial charge in [-0.2, -0.15) is 6.92 Å². The number of likely N-dealkylation sites (N-methyl/N-ethyl adjacent to an activating group) is 4. The number of hydrogen-bond donors (Lipinski definition) is 7. The number of hydrogen-bond acceptors (Lipinski definition) is 29. The molecule has 4 saturated heterocycles. The molecule has 0 spiro atoms. The first-order chi connectivity index (χ1) is 67.4. The van der Waals surface area contributed by atoms with Gasteiger partial charge in [-0.05, 0) is 120 Å². The predicted octanol–water partition coefficient (Wildman–Crippen LogP) is 16.6. The van der Waals surface area contributed by atoms with Gasteiger partial charge in [0.25, 0.3) is 17.9 Å². The fourth-order valence-electron chi connectivity index (χ4n) is 17.7. The van der Waals surface area contributed by atoms with Crippen molar-refractivity contribution in [1.29, 1.82) is 0 Å². The number of unbranched alkanes of at least 4 members (excludes halogenated alkanes) is 4. The van der Waals surface area contributed by atoms with Gasteiger partial charge in [-0.3, -0.25) is 60.2 Å². The molecule has 4 atom stereocenters. The van der Waals surface area contributed by atoms with Gasteiger partial charge in [0.2, 0.25) is 0 Å². The van der Waals surface area contributed by atoms with E-state index in [9.17, 15) is 20.4 Å². The van der Waals surface area contributed by atoms with Gasteiger partial charge < -0.3 is 120 Å². The van der Waals surface area contributed by atoms with Crippen LogP contribution in [0.5, 0.6) is 23.0 Å². The van der Waals surface area contributed by atoms with Crippen LogP contribution in [0, 0.1) is 61.3 Å². The maximum absolute atomic E-state index is 11.7. The molecule has 4 aromatic rings. The SMILES string of the molecule is CC(=O)O.CC(=O)O.CC(=O)O.CCCC[N+]1(C)CCN(Cc2cc(C(C)(C)C)cc(C=N[C@@H]3CCCC[C@H]3N=Cc3cc(C(C)(C)C)cc(CN4CC[N+](C)(CCCC)CC4)c3O)c2O)CC1.CCCC[N+]1(C)CCN(Cc2cc(C(C)(C)C)cc(C=N[C@@H]3CCCC[C@H]3N=Cc3cc(C(C)(C)C)cc(CN4CC[N+](C)(CCCC)CC4)c3O)c2O)CC1.C[C-]=O.O=[N+]([O-])[O-].O=[N+]([O-])[O-].O=[N+]([O-])[O-].O=[N+]([O-])[O-].[Co].[Co].[O]=[Ag]. The molecular weight excluding hydrogens is 2080 g/mol. The fraction of sp³-hybridized carbons (Fsp3) is 0.692. The van der Waals surface area contributed by atoms with Crippen LogP contribution in [0.4, 0.5) is 0 Å². The molecule has 4 heterocycles. The Hall–Kier alpha value is -9.13. The number of aliphatic imine (C=N–C) groups is 4. The van der Waals surface area contributed by atoms with Gasteiger partial charge in [-0.15, -0.1) is 0 Å². The number of carbonyl (C=O) groups is 3. The van der Waals surface area contributed by atoms with Crippen molar-refractivity contribution in [2.24, 2.45) is 20.0 Å². The van der Waals surface area contributed by atoms with E-state index < -0.39 is 38.3 Å². The minimum atomic E-state index is -1.75. The van der Waals surface area contributed by atoms with Crippen molar-refractivity contribution in [3.63, 3.8) is 0 Å². The van der Waals surface area contributed by atoms with Crippen LogP contribution < -0.4 is 0 Å². The summed E-state index contributed by atoms with van der Waals surface area (Å²) in [6.45, 7) is 66.4. The van der Waals surface area contributed by atoms with Gasteiger partial charge in [0.05, 0.1) is 151 Å². The third kappa shape index (κ3) is 59.3. The van der Waals surface area contributed by atoms with E-state index >= 15 is 0 Å². The number of aromatic hydroxyl groups is 4. The van der Waals surface area contributed by atoms with E-state index in [4.69, 9.17) is 119 Å². The van der Waals surface area contributed by atoms with Gasteiger partial charge in [-0.25, -0.2) is 0 Å². The molecule has 6 fully saturated rings. The van der Waals surface area contributed by atoms with Crippen LogP contribution in [0.15, 0.2) is 68.5 Å². The van der Waals surface area contributed by atoms with Gasteiger partial charge >= 0.3 is 24.3 Å². The third-order valence-electron chi connectivity index (χ3n) is 26.8. The van der Waals surface area contributed by atoms with Gasteiger partial charge in [0.1, 0.15) is 23.0 Å². The van der Waals surface area contributed by atoms with Gasteiger partial charge in [0, 0.05) is 202 Å². The van der Waals surface area contributed by atoms with Crippen LogP contribution in [0.2, 0.25) is 0 Å². The average Bonchev–Trinajstić information content (AvgIpc) is 0.805. The first kappa shape index (κ1) is 142. The molecule has 40 nitrogen and oxygen atoms in total. The summed E-state index contributed by atoms with van der Waals surface area (Å²) in [4.78, 5) is 99.5. The molecule has 7 N–H and O–H groups in total. The van der Waals surface area contributed by atoms with Crippen LogP contribution in [-0.2, 0) is 125 Å². The molecule has 0 amide bonds. The molecule has 0 aromatic heterocycles. The van der Waals surface area contributed by atoms with E-state index in [-0.39, 0.29) is 79.4 Å². The number of piperazine rings is 4. The Morgan fingerprint density at radius 3 is 0.619 bits per heavy atom. The molecule has 10 rings (SSSR count). The number of benzene rings is 4. The number of phenols is 4. The molecule has 4 aliphatic heterocycles. The molecule has 4 aromatic carbocycles. The first-order valence-corrected chi connectivity index (χ1v) is 51.1. The zero-order valence-corrected chi connectivity index (χ0v) is 95.3. The molecule has 2 saturated carbocycles. The number of carboxylic acids is 3. The van der Waals surface area contributed by atoms with Gasteiger partial charge in [0.15, 0.2) is 0 Å². The number of rotatable bonds is 28. The van der Waals surface area contributed by atoms with Crippen molar-refractivity contribution in [3.05, 3.63) is 177 Å². The van der Waals surface area contributed by atoms with Crippen molar-refractivity contribution < 1.29 is 151 Å². The first-order valence-electron chi connectivity index (χ1n) is 50.5. The zero-order chi connectivity index (χ0) is 111. The van der Waals surface area contributed by atoms with E-state index in [1.54, 1.807) is 21.0 Å². The van der Waals surface area contributed by atoms with Crippen molar-refractivity contribution in [1.82, 2.24) is 19.6 Å². The molecule has 147 heavy (non-hydrogen) atoms. The molecule has 0 bridgehead atoms. The molecule has 845 valence electrons. The second kappa shape index (κ2) is 70.8. The average molecular weight is 2260 g/mol. The number of quaternary nitrogens is 4. The van der Waals surface area contributed by atoms with E-state index in [1.165, 1.54) is 113 Å². The summed E-state index contributed by atoms with van der Waals surface area (Å²) in [5.41, 5.74) is 11.9. The van der Waals surface area contributed by atoms with Crippen LogP contribution in [0.3, 0.4) is 0 Å². The van der Waals surface area contributed by atoms with E-state index in [0.717, 1.165) is 265 Å². The monoisotopic (exact) mass is 2260 g/mol. The summed E-state index contributed by atoms with van der Waals surface area (Å²) < 4.78 is 12.7. The maximum atomic E-state index is 11.7. The fourth-order valence-corrected chi connectivity index (χ4v) is 17.7. The Morgan fingerprint density at radius 1 is 0.361 bits per heavy atom. The molecule has 43 heteroatoms. The molecule has 2 aliphatic carbocycles. The normalized spacial score (nSPS) is 18.6. The summed E-state index contributed by atoms with van der Waals surface area (Å²) in [5.74, 6) is -1.05. The van der Waals surface area contributed by atoms with Gasteiger partial charge in [-0.1, -0.05) is 186 Å². The second-order valence-electron chi connectivity index (χ2n) is 43.6. The third-order valence-corrected chi connectivity index (χ3v) is 26.8. The Morgan fingerprint density at radius 2 is 0.497 bits per heavy atom. The zero-order valence-electron chi connectivity index (χ0n) is 91.7. The number of nitrogens with zero attached hydrogens (tertiary/aromatic N) is 16. The van der Waals surface area contributed by atoms with E-state index in [1.807, 2.05) is 24.9 Å². The number of phenolic OH excluding ortho intramolecular Hbond substituents is 4.